The van der Waals surface area contributed by atoms with E-state index in [9.17, 15) is 0 Å². The Morgan fingerprint density at radius 2 is 1.43 bits per heavy atom. The van der Waals surface area contributed by atoms with Gasteiger partial charge in [0, 0.05) is 51.6 Å². The van der Waals surface area contributed by atoms with Crippen molar-refractivity contribution in [3.63, 3.8) is 0 Å². The summed E-state index contributed by atoms with van der Waals surface area (Å²) >= 11 is 0. The largest absolute Gasteiger partial charge is 0.456 e. The van der Waals surface area contributed by atoms with E-state index < -0.39 is 0 Å². The van der Waals surface area contributed by atoms with Gasteiger partial charge in [0.1, 0.15) is 22.5 Å². The fraction of sp³-hybridized carbons (Fsp3) is 0.229. The zero-order chi connectivity index (χ0) is 34.2. The lowest BCUT2D eigenvalue weighted by molar-refractivity contribution is 0.205. The van der Waals surface area contributed by atoms with Gasteiger partial charge in [-0.15, -0.1) is 0 Å². The molecule has 3 aliphatic rings. The zero-order valence-electron chi connectivity index (χ0n) is 29.3. The van der Waals surface area contributed by atoms with Gasteiger partial charge in [0.15, 0.2) is 5.76 Å². The van der Waals surface area contributed by atoms with Gasteiger partial charge in [0.2, 0.25) is 0 Å². The zero-order valence-corrected chi connectivity index (χ0v) is 29.3. The fourth-order valence-corrected chi connectivity index (χ4v) is 10.1. The van der Waals surface area contributed by atoms with Crippen LogP contribution in [-0.2, 0) is 17.3 Å². The maximum atomic E-state index is 6.66. The summed E-state index contributed by atoms with van der Waals surface area (Å²) in [7, 11) is 1.84. The molecule has 2 unspecified atom stereocenters. The van der Waals surface area contributed by atoms with Crippen molar-refractivity contribution in [2.24, 2.45) is 10.9 Å². The van der Waals surface area contributed by atoms with E-state index in [1.807, 2.05) is 37.4 Å². The highest BCUT2D eigenvalue weighted by atomic mass is 16.3. The molecule has 1 fully saturated rings. The molecule has 0 bridgehead atoms. The number of fused-ring (bicyclic) bond motifs is 9. The standard InChI is InChI=1S/C48H41NO2/c1-47-30-34(21-24-44(47)48(25-11-4-12-26-48)40-17-9-8-16-39(40)47)33-20-23-37-36-22-19-31(28-42(36)50-43(37)29-33)27-38-35-15-7-10-18-41(35)51-46(38)45(49-2)32-13-5-3-6-14-32/h3,5-10,13-24,28-30,44H,4,11-12,25-27H2,1-2H3/b49-45-. The Morgan fingerprint density at radius 1 is 0.706 bits per heavy atom. The summed E-state index contributed by atoms with van der Waals surface area (Å²) in [4.78, 5) is 4.70. The predicted octanol–water partition coefficient (Wildman–Crippen LogP) is 12.1. The number of nitrogens with zero attached hydrogens (tertiary/aromatic N) is 1. The molecule has 0 N–H and O–H groups in total. The molecule has 2 atom stereocenters. The molecule has 51 heavy (non-hydrogen) atoms. The van der Waals surface area contributed by atoms with Crippen molar-refractivity contribution >= 4 is 44.2 Å². The van der Waals surface area contributed by atoms with Gasteiger partial charge < -0.3 is 8.83 Å². The van der Waals surface area contributed by atoms with E-state index in [-0.39, 0.29) is 10.8 Å². The van der Waals surface area contributed by atoms with E-state index in [1.54, 1.807) is 5.56 Å². The van der Waals surface area contributed by atoms with Crippen LogP contribution in [0.5, 0.6) is 0 Å². The lowest BCUT2D eigenvalue weighted by Gasteiger charge is -2.44. The topological polar surface area (TPSA) is 38.6 Å². The molecule has 7 aromatic rings. The Balaban J connectivity index is 1.01. The number of allylic oxidation sites excluding steroid dienone is 4. The smallest absolute Gasteiger partial charge is 0.157 e. The van der Waals surface area contributed by atoms with Crippen LogP contribution in [0.15, 0.2) is 147 Å². The lowest BCUT2D eigenvalue weighted by Crippen LogP contribution is -2.40. The Morgan fingerprint density at radius 3 is 2.25 bits per heavy atom. The van der Waals surface area contributed by atoms with E-state index in [2.05, 4.69) is 110 Å². The third kappa shape index (κ3) is 4.60. The molecule has 3 heteroatoms. The van der Waals surface area contributed by atoms with Crippen LogP contribution in [0.25, 0.3) is 38.5 Å². The molecule has 2 heterocycles. The number of benzene rings is 5. The average molecular weight is 664 g/mol. The minimum Gasteiger partial charge on any atom is -0.456 e. The third-order valence-electron chi connectivity index (χ3n) is 12.4. The first kappa shape index (κ1) is 30.4. The lowest BCUT2D eigenvalue weighted by atomic mass is 9.59. The van der Waals surface area contributed by atoms with E-state index in [0.717, 1.165) is 55.5 Å². The number of para-hydroxylation sites is 1. The second-order valence-electron chi connectivity index (χ2n) is 15.1. The summed E-state index contributed by atoms with van der Waals surface area (Å²) in [6.45, 7) is 2.48. The molecule has 1 saturated carbocycles. The van der Waals surface area contributed by atoms with Crippen molar-refractivity contribution in [2.45, 2.75) is 56.3 Å². The average Bonchev–Trinajstić information content (AvgIpc) is 3.79. The van der Waals surface area contributed by atoms with Crippen LogP contribution in [0.4, 0.5) is 0 Å². The van der Waals surface area contributed by atoms with Crippen LogP contribution in [0, 0.1) is 5.92 Å². The van der Waals surface area contributed by atoms with E-state index in [1.165, 1.54) is 54.4 Å². The second kappa shape index (κ2) is 11.6. The van der Waals surface area contributed by atoms with Crippen LogP contribution in [0.1, 0.15) is 78.2 Å². The highest BCUT2D eigenvalue weighted by molar-refractivity contribution is 6.14. The summed E-state index contributed by atoms with van der Waals surface area (Å²) in [5.74, 6) is 1.32. The maximum Gasteiger partial charge on any atom is 0.157 e. The van der Waals surface area contributed by atoms with E-state index in [0.29, 0.717) is 12.3 Å². The van der Waals surface area contributed by atoms with Crippen molar-refractivity contribution in [3.05, 3.63) is 173 Å². The quantitative estimate of drug-likeness (QED) is 0.172. The van der Waals surface area contributed by atoms with Crippen LogP contribution in [0.3, 0.4) is 0 Å². The van der Waals surface area contributed by atoms with Gasteiger partial charge in [-0.3, -0.25) is 4.99 Å². The van der Waals surface area contributed by atoms with Gasteiger partial charge in [-0.25, -0.2) is 0 Å². The molecular formula is C48H41NO2. The first-order valence-electron chi connectivity index (χ1n) is 18.6. The van der Waals surface area contributed by atoms with Crippen molar-refractivity contribution in [2.75, 3.05) is 7.05 Å². The summed E-state index contributed by atoms with van der Waals surface area (Å²) in [5, 5.41) is 3.40. The van der Waals surface area contributed by atoms with Crippen LogP contribution in [-0.4, -0.2) is 12.8 Å². The predicted molar refractivity (Wildman–Crippen MR) is 210 cm³/mol. The molecule has 0 saturated heterocycles. The molecular weight excluding hydrogens is 623 g/mol. The molecule has 3 aliphatic carbocycles. The van der Waals surface area contributed by atoms with Crippen molar-refractivity contribution in [1.29, 1.82) is 0 Å². The number of aliphatic imine (C=N–C) groups is 1. The third-order valence-corrected chi connectivity index (χ3v) is 12.4. The summed E-state index contributed by atoms with van der Waals surface area (Å²) in [6.07, 6.45) is 14.8. The summed E-state index contributed by atoms with van der Waals surface area (Å²) in [5.41, 5.74) is 12.8. The van der Waals surface area contributed by atoms with E-state index >= 15 is 0 Å². The minimum absolute atomic E-state index is 0.0191. The fourth-order valence-electron chi connectivity index (χ4n) is 10.1. The van der Waals surface area contributed by atoms with Crippen molar-refractivity contribution in [1.82, 2.24) is 0 Å². The molecule has 2 aromatic heterocycles. The Hall–Kier alpha value is -5.41. The van der Waals surface area contributed by atoms with Gasteiger partial charge in [-0.2, -0.15) is 0 Å². The maximum absolute atomic E-state index is 6.66. The Kier molecular flexibility index (Phi) is 6.90. The highest BCUT2D eigenvalue weighted by Crippen LogP contribution is 2.62. The number of rotatable bonds is 5. The van der Waals surface area contributed by atoms with Gasteiger partial charge in [0.25, 0.3) is 0 Å². The molecule has 5 aromatic carbocycles. The van der Waals surface area contributed by atoms with Gasteiger partial charge in [-0.1, -0.05) is 135 Å². The van der Waals surface area contributed by atoms with Crippen LogP contribution in [0.2, 0.25) is 0 Å². The van der Waals surface area contributed by atoms with Gasteiger partial charge in [-0.05, 0) is 70.9 Å². The Labute approximate surface area is 299 Å². The molecule has 0 amide bonds. The first-order valence-corrected chi connectivity index (χ1v) is 18.6. The van der Waals surface area contributed by atoms with Crippen molar-refractivity contribution < 1.29 is 8.83 Å². The Bertz CT molecular complexity index is 2570. The van der Waals surface area contributed by atoms with Gasteiger partial charge >= 0.3 is 0 Å². The van der Waals surface area contributed by atoms with Crippen molar-refractivity contribution in [3.8, 4) is 0 Å². The highest BCUT2D eigenvalue weighted by Gasteiger charge is 2.56. The van der Waals surface area contributed by atoms with E-state index in [4.69, 9.17) is 13.8 Å². The second-order valence-corrected chi connectivity index (χ2v) is 15.1. The summed E-state index contributed by atoms with van der Waals surface area (Å²) < 4.78 is 13.2. The molecule has 1 spiro atoms. The number of hydrogen-bond donors (Lipinski definition) is 0. The van der Waals surface area contributed by atoms with Crippen LogP contribution >= 0.6 is 0 Å². The number of hydrogen-bond acceptors (Lipinski definition) is 3. The first-order chi connectivity index (χ1) is 25.1. The summed E-state index contributed by atoms with van der Waals surface area (Å²) in [6, 6.07) is 41.3. The number of furan rings is 2. The molecule has 10 rings (SSSR count). The minimum atomic E-state index is -0.0191. The normalized spacial score (nSPS) is 21.0. The molecule has 250 valence electrons. The molecule has 3 nitrogen and oxygen atoms in total. The van der Waals surface area contributed by atoms with Gasteiger partial charge in [0.05, 0.1) is 0 Å². The molecule has 0 radical (unpaired) electrons. The molecule has 0 aliphatic heterocycles. The monoisotopic (exact) mass is 663 g/mol. The SMILES string of the molecule is C/N=C(/c1ccccc1)c1oc2ccccc2c1Cc1ccc2c(c1)oc1cc(C3=CC4(C)c5ccccc5C5(CCCCC5)C4C=C3)ccc12. The van der Waals surface area contributed by atoms with Crippen LogP contribution < -0.4 is 0 Å².